The lowest BCUT2D eigenvalue weighted by Gasteiger charge is -2.14. The van der Waals surface area contributed by atoms with Crippen LogP contribution in [-0.2, 0) is 4.74 Å². The minimum absolute atomic E-state index is 0.889. The van der Waals surface area contributed by atoms with E-state index in [2.05, 4.69) is 13.8 Å². The minimum atomic E-state index is 0.889. The SMILES string of the molecule is CC(C)C1CC2COCC2C1. The van der Waals surface area contributed by atoms with Crippen LogP contribution in [0.2, 0.25) is 0 Å². The number of hydrogen-bond acceptors (Lipinski definition) is 1. The number of hydrogen-bond donors (Lipinski definition) is 0. The van der Waals surface area contributed by atoms with E-state index in [1.807, 2.05) is 0 Å². The Morgan fingerprint density at radius 2 is 1.64 bits per heavy atom. The van der Waals surface area contributed by atoms with Gasteiger partial charge in [-0.2, -0.15) is 0 Å². The Morgan fingerprint density at radius 1 is 1.09 bits per heavy atom. The highest BCUT2D eigenvalue weighted by Gasteiger charge is 2.38. The fourth-order valence-electron chi connectivity index (χ4n) is 2.58. The minimum Gasteiger partial charge on any atom is -0.381 e. The highest BCUT2D eigenvalue weighted by atomic mass is 16.5. The summed E-state index contributed by atoms with van der Waals surface area (Å²) < 4.78 is 5.44. The van der Waals surface area contributed by atoms with Gasteiger partial charge in [0, 0.05) is 13.2 Å². The maximum atomic E-state index is 5.44. The van der Waals surface area contributed by atoms with Crippen LogP contribution in [0.5, 0.6) is 0 Å². The highest BCUT2D eigenvalue weighted by molar-refractivity contribution is 4.87. The summed E-state index contributed by atoms with van der Waals surface area (Å²) in [6.07, 6.45) is 2.87. The van der Waals surface area contributed by atoms with Crippen molar-refractivity contribution in [1.29, 1.82) is 0 Å². The summed E-state index contributed by atoms with van der Waals surface area (Å²) in [5.74, 6) is 3.72. The summed E-state index contributed by atoms with van der Waals surface area (Å²) in [7, 11) is 0. The van der Waals surface area contributed by atoms with E-state index in [1.165, 1.54) is 12.8 Å². The van der Waals surface area contributed by atoms with Crippen LogP contribution in [0.15, 0.2) is 0 Å². The van der Waals surface area contributed by atoms with E-state index in [9.17, 15) is 0 Å². The van der Waals surface area contributed by atoms with Crippen LogP contribution in [0.3, 0.4) is 0 Å². The molecule has 2 fully saturated rings. The molecule has 1 aliphatic carbocycles. The topological polar surface area (TPSA) is 9.23 Å². The van der Waals surface area contributed by atoms with Gasteiger partial charge < -0.3 is 4.74 Å². The van der Waals surface area contributed by atoms with E-state index in [0.717, 1.165) is 36.9 Å². The Balaban J connectivity index is 1.94. The van der Waals surface area contributed by atoms with Crippen LogP contribution in [0.1, 0.15) is 26.7 Å². The van der Waals surface area contributed by atoms with Gasteiger partial charge in [0.1, 0.15) is 0 Å². The summed E-state index contributed by atoms with van der Waals surface area (Å²) in [6, 6.07) is 0. The van der Waals surface area contributed by atoms with Crippen LogP contribution in [0.25, 0.3) is 0 Å². The first kappa shape index (κ1) is 7.60. The smallest absolute Gasteiger partial charge is 0.0498 e. The van der Waals surface area contributed by atoms with Gasteiger partial charge in [-0.25, -0.2) is 0 Å². The molecule has 0 radical (unpaired) electrons. The lowest BCUT2D eigenvalue weighted by molar-refractivity contribution is 0.161. The van der Waals surface area contributed by atoms with Gasteiger partial charge in [-0.15, -0.1) is 0 Å². The Labute approximate surface area is 69.1 Å². The largest absolute Gasteiger partial charge is 0.381 e. The number of rotatable bonds is 1. The van der Waals surface area contributed by atoms with Crippen LogP contribution < -0.4 is 0 Å². The first-order chi connectivity index (χ1) is 5.27. The van der Waals surface area contributed by atoms with E-state index in [0.29, 0.717) is 0 Å². The Bertz CT molecular complexity index is 130. The first-order valence-corrected chi connectivity index (χ1v) is 4.85. The molecule has 2 rings (SSSR count). The van der Waals surface area contributed by atoms with Crippen LogP contribution in [0, 0.1) is 23.7 Å². The predicted octanol–water partition coefficient (Wildman–Crippen LogP) is 2.32. The van der Waals surface area contributed by atoms with Crippen molar-refractivity contribution in [3.05, 3.63) is 0 Å². The molecule has 1 saturated heterocycles. The second kappa shape index (κ2) is 2.78. The summed E-state index contributed by atoms with van der Waals surface area (Å²) in [4.78, 5) is 0. The predicted molar refractivity (Wildman–Crippen MR) is 45.4 cm³/mol. The molecule has 2 aliphatic rings. The first-order valence-electron chi connectivity index (χ1n) is 4.85. The third-order valence-corrected chi connectivity index (χ3v) is 3.48. The normalized spacial score (nSPS) is 43.4. The molecule has 0 aromatic carbocycles. The fourth-order valence-corrected chi connectivity index (χ4v) is 2.58. The number of fused-ring (bicyclic) bond motifs is 1. The van der Waals surface area contributed by atoms with E-state index >= 15 is 0 Å². The van der Waals surface area contributed by atoms with Gasteiger partial charge in [-0.3, -0.25) is 0 Å². The molecule has 11 heavy (non-hydrogen) atoms. The molecule has 2 unspecified atom stereocenters. The van der Waals surface area contributed by atoms with Gasteiger partial charge in [-0.1, -0.05) is 13.8 Å². The van der Waals surface area contributed by atoms with E-state index in [4.69, 9.17) is 4.74 Å². The third kappa shape index (κ3) is 1.31. The van der Waals surface area contributed by atoms with Gasteiger partial charge in [0.2, 0.25) is 0 Å². The van der Waals surface area contributed by atoms with Crippen molar-refractivity contribution in [2.45, 2.75) is 26.7 Å². The third-order valence-electron chi connectivity index (χ3n) is 3.48. The summed E-state index contributed by atoms with van der Waals surface area (Å²) in [5.41, 5.74) is 0. The Morgan fingerprint density at radius 3 is 2.09 bits per heavy atom. The van der Waals surface area contributed by atoms with Crippen LogP contribution in [0.4, 0.5) is 0 Å². The molecule has 0 bridgehead atoms. The second-order valence-electron chi connectivity index (χ2n) is 4.53. The van der Waals surface area contributed by atoms with Crippen LogP contribution >= 0.6 is 0 Å². The maximum absolute atomic E-state index is 5.44. The van der Waals surface area contributed by atoms with Gasteiger partial charge in [0.15, 0.2) is 0 Å². The number of ether oxygens (including phenoxy) is 1. The average Bonchev–Trinajstić information content (AvgIpc) is 2.40. The molecule has 0 aromatic heterocycles. The summed E-state index contributed by atoms with van der Waals surface area (Å²) >= 11 is 0. The zero-order valence-electron chi connectivity index (χ0n) is 7.55. The molecular weight excluding hydrogens is 136 g/mol. The monoisotopic (exact) mass is 154 g/mol. The standard InChI is InChI=1S/C10H18O/c1-7(2)8-3-9-5-11-6-10(9)4-8/h7-10H,3-6H2,1-2H3. The van der Waals surface area contributed by atoms with E-state index in [-0.39, 0.29) is 0 Å². The fraction of sp³-hybridized carbons (Fsp3) is 1.00. The maximum Gasteiger partial charge on any atom is 0.0498 e. The second-order valence-corrected chi connectivity index (χ2v) is 4.53. The molecule has 1 saturated carbocycles. The molecule has 0 spiro atoms. The molecule has 1 heteroatoms. The van der Waals surface area contributed by atoms with Gasteiger partial charge >= 0.3 is 0 Å². The molecule has 2 atom stereocenters. The molecule has 0 aromatic rings. The summed E-state index contributed by atoms with van der Waals surface area (Å²) in [6.45, 7) is 6.81. The molecular formula is C10H18O. The zero-order chi connectivity index (χ0) is 7.84. The van der Waals surface area contributed by atoms with Crippen LogP contribution in [-0.4, -0.2) is 13.2 Å². The molecule has 1 nitrogen and oxygen atoms in total. The van der Waals surface area contributed by atoms with Crippen molar-refractivity contribution in [3.8, 4) is 0 Å². The van der Waals surface area contributed by atoms with Crippen molar-refractivity contribution in [2.75, 3.05) is 13.2 Å². The summed E-state index contributed by atoms with van der Waals surface area (Å²) in [5, 5.41) is 0. The van der Waals surface area contributed by atoms with E-state index in [1.54, 1.807) is 0 Å². The zero-order valence-corrected chi connectivity index (χ0v) is 7.55. The van der Waals surface area contributed by atoms with Gasteiger partial charge in [-0.05, 0) is 36.5 Å². The molecule has 1 heterocycles. The lowest BCUT2D eigenvalue weighted by Crippen LogP contribution is -2.06. The van der Waals surface area contributed by atoms with E-state index < -0.39 is 0 Å². The van der Waals surface area contributed by atoms with Crippen molar-refractivity contribution >= 4 is 0 Å². The average molecular weight is 154 g/mol. The van der Waals surface area contributed by atoms with Crippen molar-refractivity contribution < 1.29 is 4.74 Å². The van der Waals surface area contributed by atoms with Gasteiger partial charge in [0.05, 0.1) is 0 Å². The molecule has 0 amide bonds. The molecule has 64 valence electrons. The molecule has 0 N–H and O–H groups in total. The highest BCUT2D eigenvalue weighted by Crippen LogP contribution is 2.43. The van der Waals surface area contributed by atoms with Crippen molar-refractivity contribution in [2.24, 2.45) is 23.7 Å². The lowest BCUT2D eigenvalue weighted by atomic mass is 9.93. The molecule has 1 aliphatic heterocycles. The van der Waals surface area contributed by atoms with Crippen molar-refractivity contribution in [1.82, 2.24) is 0 Å². The Kier molecular flexibility index (Phi) is 1.92. The quantitative estimate of drug-likeness (QED) is 0.563. The van der Waals surface area contributed by atoms with Gasteiger partial charge in [0.25, 0.3) is 0 Å². The van der Waals surface area contributed by atoms with Crippen molar-refractivity contribution in [3.63, 3.8) is 0 Å². The Hall–Kier alpha value is -0.0400.